The molecule has 1 aliphatic rings. The fourth-order valence-electron chi connectivity index (χ4n) is 3.26. The number of benzene rings is 2. The normalized spacial score (nSPS) is 19.7. The number of carbonyl (C=O) groups is 1. The Hall–Kier alpha value is -2.71. The van der Waals surface area contributed by atoms with E-state index in [1.54, 1.807) is 6.08 Å². The third kappa shape index (κ3) is 5.90. The van der Waals surface area contributed by atoms with Crippen molar-refractivity contribution in [3.05, 3.63) is 103 Å². The number of ketones is 1. The molecule has 2 atom stereocenters. The first kappa shape index (κ1) is 19.1. The van der Waals surface area contributed by atoms with Crippen LogP contribution in [-0.2, 0) is 4.74 Å². The van der Waals surface area contributed by atoms with Crippen LogP contribution in [0.2, 0.25) is 0 Å². The summed E-state index contributed by atoms with van der Waals surface area (Å²) in [6, 6.07) is 19.5. The molecule has 2 nitrogen and oxygen atoms in total. The van der Waals surface area contributed by atoms with E-state index in [4.69, 9.17) is 4.74 Å². The largest absolute Gasteiger partial charge is 0.374 e. The van der Waals surface area contributed by atoms with Crippen molar-refractivity contribution in [2.45, 2.75) is 37.9 Å². The summed E-state index contributed by atoms with van der Waals surface area (Å²) in [6.07, 6.45) is 12.1. The first-order chi connectivity index (χ1) is 13.2. The lowest BCUT2D eigenvalue weighted by molar-refractivity contribution is 0.0490. The lowest BCUT2D eigenvalue weighted by Gasteiger charge is -2.10. The summed E-state index contributed by atoms with van der Waals surface area (Å²) >= 11 is 0. The molecule has 0 amide bonds. The van der Waals surface area contributed by atoms with Crippen LogP contribution >= 0.6 is 0 Å². The van der Waals surface area contributed by atoms with Gasteiger partial charge in [-0.1, -0.05) is 85.5 Å². The topological polar surface area (TPSA) is 26.3 Å². The van der Waals surface area contributed by atoms with E-state index in [0.29, 0.717) is 0 Å². The van der Waals surface area contributed by atoms with Gasteiger partial charge in [0.05, 0.1) is 12.2 Å². The maximum atomic E-state index is 12.1. The fourth-order valence-corrected chi connectivity index (χ4v) is 3.26. The Morgan fingerprint density at radius 3 is 1.96 bits per heavy atom. The van der Waals surface area contributed by atoms with Gasteiger partial charge >= 0.3 is 0 Å². The van der Waals surface area contributed by atoms with Crippen LogP contribution in [0.15, 0.2) is 91.5 Å². The van der Waals surface area contributed by atoms with Crippen LogP contribution < -0.4 is 0 Å². The Kier molecular flexibility index (Phi) is 6.95. The van der Waals surface area contributed by atoms with E-state index in [1.807, 2.05) is 54.6 Å². The van der Waals surface area contributed by atoms with Crippen molar-refractivity contribution in [3.8, 4) is 0 Å². The summed E-state index contributed by atoms with van der Waals surface area (Å²) in [5, 5.41) is 0. The van der Waals surface area contributed by atoms with Crippen molar-refractivity contribution in [1.29, 1.82) is 0 Å². The number of rotatable bonds is 8. The van der Waals surface area contributed by atoms with E-state index < -0.39 is 0 Å². The van der Waals surface area contributed by atoms with E-state index >= 15 is 0 Å². The first-order valence-corrected chi connectivity index (χ1v) is 9.54. The molecule has 0 saturated carbocycles. The lowest BCUT2D eigenvalue weighted by atomic mass is 10.1. The number of hydrogen-bond donors (Lipinski definition) is 0. The number of allylic oxidation sites excluding steroid dienone is 3. The minimum atomic E-state index is 0.0486. The molecule has 1 aliphatic heterocycles. The molecule has 0 aromatic heterocycles. The number of hydrogen-bond acceptors (Lipinski definition) is 2. The SMILES string of the molecule is C=C(/C=C/CC1CCC(C/C=C/C(=O)c2ccccc2)O1)c1ccccc1. The Morgan fingerprint density at radius 2 is 1.37 bits per heavy atom. The van der Waals surface area contributed by atoms with Gasteiger partial charge in [0.15, 0.2) is 5.78 Å². The highest BCUT2D eigenvalue weighted by Crippen LogP contribution is 2.25. The Balaban J connectivity index is 1.40. The van der Waals surface area contributed by atoms with Crippen molar-refractivity contribution in [1.82, 2.24) is 0 Å². The molecule has 0 radical (unpaired) electrons. The van der Waals surface area contributed by atoms with E-state index in [-0.39, 0.29) is 18.0 Å². The zero-order valence-electron chi connectivity index (χ0n) is 15.6. The average Bonchev–Trinajstić information content (AvgIpc) is 3.17. The molecule has 0 N–H and O–H groups in total. The van der Waals surface area contributed by atoms with Gasteiger partial charge in [-0.05, 0) is 42.9 Å². The van der Waals surface area contributed by atoms with Crippen LogP contribution in [0.5, 0.6) is 0 Å². The average molecular weight is 358 g/mol. The maximum Gasteiger partial charge on any atom is 0.185 e. The van der Waals surface area contributed by atoms with Gasteiger partial charge < -0.3 is 4.74 Å². The van der Waals surface area contributed by atoms with E-state index in [2.05, 4.69) is 30.9 Å². The van der Waals surface area contributed by atoms with Crippen LogP contribution in [0, 0.1) is 0 Å². The van der Waals surface area contributed by atoms with Crippen molar-refractivity contribution in [3.63, 3.8) is 0 Å². The summed E-state index contributed by atoms with van der Waals surface area (Å²) in [5.74, 6) is 0.0486. The molecule has 2 unspecified atom stereocenters. The molecule has 2 heteroatoms. The zero-order valence-corrected chi connectivity index (χ0v) is 15.6. The summed E-state index contributed by atoms with van der Waals surface area (Å²) in [4.78, 5) is 12.1. The minimum Gasteiger partial charge on any atom is -0.374 e. The highest BCUT2D eigenvalue weighted by molar-refractivity contribution is 6.04. The smallest absolute Gasteiger partial charge is 0.185 e. The summed E-state index contributed by atoms with van der Waals surface area (Å²) < 4.78 is 6.09. The van der Waals surface area contributed by atoms with Gasteiger partial charge in [0, 0.05) is 5.56 Å². The van der Waals surface area contributed by atoms with Gasteiger partial charge in [0.1, 0.15) is 0 Å². The molecular weight excluding hydrogens is 332 g/mol. The van der Waals surface area contributed by atoms with Gasteiger partial charge in [-0.15, -0.1) is 0 Å². The van der Waals surface area contributed by atoms with Gasteiger partial charge in [-0.3, -0.25) is 4.79 Å². The van der Waals surface area contributed by atoms with Crippen molar-refractivity contribution < 1.29 is 9.53 Å². The van der Waals surface area contributed by atoms with Crippen molar-refractivity contribution in [2.75, 3.05) is 0 Å². The Morgan fingerprint density at radius 1 is 0.852 bits per heavy atom. The second-order valence-corrected chi connectivity index (χ2v) is 6.86. The molecule has 1 heterocycles. The standard InChI is InChI=1S/C25H26O2/c1-20(21-11-4-2-5-12-21)10-8-15-23-18-19-24(27-23)16-9-17-25(26)22-13-6-3-7-14-22/h2-14,17,23-24H,1,15-16,18-19H2/b10-8+,17-9+. The quantitative estimate of drug-likeness (QED) is 0.327. The molecule has 2 aromatic rings. The molecule has 0 bridgehead atoms. The second kappa shape index (κ2) is 9.84. The fraction of sp³-hybridized carbons (Fsp3) is 0.240. The van der Waals surface area contributed by atoms with Gasteiger partial charge in [-0.2, -0.15) is 0 Å². The molecular formula is C25H26O2. The Bertz CT molecular complexity index is 733. The molecule has 27 heavy (non-hydrogen) atoms. The zero-order chi connectivity index (χ0) is 18.9. The van der Waals surface area contributed by atoms with Crippen LogP contribution in [0.1, 0.15) is 41.6 Å². The van der Waals surface area contributed by atoms with E-state index in [0.717, 1.165) is 42.4 Å². The van der Waals surface area contributed by atoms with Gasteiger partial charge in [0.25, 0.3) is 0 Å². The molecule has 138 valence electrons. The predicted molar refractivity (Wildman–Crippen MR) is 112 cm³/mol. The molecule has 1 fully saturated rings. The van der Waals surface area contributed by atoms with E-state index in [1.165, 1.54) is 0 Å². The second-order valence-electron chi connectivity index (χ2n) is 6.86. The minimum absolute atomic E-state index is 0.0486. The number of ether oxygens (including phenoxy) is 1. The van der Waals surface area contributed by atoms with Gasteiger partial charge in [0.2, 0.25) is 0 Å². The van der Waals surface area contributed by atoms with Crippen LogP contribution in [-0.4, -0.2) is 18.0 Å². The Labute approximate surface area is 161 Å². The first-order valence-electron chi connectivity index (χ1n) is 9.54. The predicted octanol–water partition coefficient (Wildman–Crippen LogP) is 6.02. The monoisotopic (exact) mass is 358 g/mol. The number of carbonyl (C=O) groups excluding carboxylic acids is 1. The highest BCUT2D eigenvalue weighted by Gasteiger charge is 2.23. The molecule has 1 saturated heterocycles. The summed E-state index contributed by atoms with van der Waals surface area (Å²) in [6.45, 7) is 4.12. The third-order valence-corrected chi connectivity index (χ3v) is 4.78. The molecule has 0 spiro atoms. The maximum absolute atomic E-state index is 12.1. The molecule has 0 aliphatic carbocycles. The van der Waals surface area contributed by atoms with Crippen LogP contribution in [0.3, 0.4) is 0 Å². The molecule has 3 rings (SSSR count). The summed E-state index contributed by atoms with van der Waals surface area (Å²) in [5.41, 5.74) is 2.89. The van der Waals surface area contributed by atoms with Gasteiger partial charge in [-0.25, -0.2) is 0 Å². The van der Waals surface area contributed by atoms with Crippen molar-refractivity contribution in [2.24, 2.45) is 0 Å². The van der Waals surface area contributed by atoms with Crippen molar-refractivity contribution >= 4 is 11.4 Å². The van der Waals surface area contributed by atoms with E-state index in [9.17, 15) is 4.79 Å². The van der Waals surface area contributed by atoms with Crippen LogP contribution in [0.4, 0.5) is 0 Å². The van der Waals surface area contributed by atoms with Crippen LogP contribution in [0.25, 0.3) is 5.57 Å². The molecule has 2 aromatic carbocycles. The third-order valence-electron chi connectivity index (χ3n) is 4.78. The summed E-state index contributed by atoms with van der Waals surface area (Å²) in [7, 11) is 0. The lowest BCUT2D eigenvalue weighted by Crippen LogP contribution is -2.09. The highest BCUT2D eigenvalue weighted by atomic mass is 16.5.